The van der Waals surface area contributed by atoms with E-state index >= 15 is 0 Å². The quantitative estimate of drug-likeness (QED) is 0.681. The van der Waals surface area contributed by atoms with E-state index in [0.29, 0.717) is 5.69 Å². The fraction of sp³-hybridized carbons (Fsp3) is 0. The molecule has 0 spiro atoms. The van der Waals surface area contributed by atoms with Gasteiger partial charge in [0.05, 0.1) is 16.7 Å². The molecule has 2 N–H and O–H groups in total. The molecule has 2 aromatic rings. The molecule has 86 valence electrons. The van der Waals surface area contributed by atoms with Crippen LogP contribution in [0.5, 0.6) is 0 Å². The molecule has 17 heavy (non-hydrogen) atoms. The van der Waals surface area contributed by atoms with Crippen molar-refractivity contribution in [3.8, 4) is 11.3 Å². The van der Waals surface area contributed by atoms with Crippen molar-refractivity contribution in [1.82, 2.24) is 4.98 Å². The van der Waals surface area contributed by atoms with Crippen molar-refractivity contribution in [3.63, 3.8) is 0 Å². The highest BCUT2D eigenvalue weighted by Crippen LogP contribution is 2.29. The predicted molar refractivity (Wildman–Crippen MR) is 68.4 cm³/mol. The lowest BCUT2D eigenvalue weighted by Gasteiger charge is -2.04. The zero-order valence-electron chi connectivity index (χ0n) is 8.63. The van der Waals surface area contributed by atoms with Gasteiger partial charge in [0.1, 0.15) is 5.82 Å². The molecule has 0 aliphatic carbocycles. The van der Waals surface area contributed by atoms with E-state index in [-0.39, 0.29) is 11.5 Å². The van der Waals surface area contributed by atoms with Gasteiger partial charge in [-0.3, -0.25) is 10.1 Å². The third-order valence-corrected chi connectivity index (χ3v) is 2.88. The molecule has 0 amide bonds. The summed E-state index contributed by atoms with van der Waals surface area (Å²) in [6.45, 7) is 0. The van der Waals surface area contributed by atoms with E-state index in [1.165, 1.54) is 12.1 Å². The van der Waals surface area contributed by atoms with Gasteiger partial charge in [0.25, 0.3) is 5.69 Å². The fourth-order valence-electron chi connectivity index (χ4n) is 1.45. The highest BCUT2D eigenvalue weighted by atomic mass is 79.9. The number of hydrogen-bond acceptors (Lipinski definition) is 4. The normalized spacial score (nSPS) is 10.2. The third-order valence-electron chi connectivity index (χ3n) is 2.19. The van der Waals surface area contributed by atoms with Crippen LogP contribution in [0.3, 0.4) is 0 Å². The van der Waals surface area contributed by atoms with Crippen LogP contribution in [-0.4, -0.2) is 9.91 Å². The van der Waals surface area contributed by atoms with E-state index in [1.54, 1.807) is 0 Å². The zero-order valence-corrected chi connectivity index (χ0v) is 10.2. The summed E-state index contributed by atoms with van der Waals surface area (Å²) in [4.78, 5) is 14.3. The monoisotopic (exact) mass is 293 g/mol. The van der Waals surface area contributed by atoms with E-state index < -0.39 is 4.92 Å². The molecular weight excluding hydrogens is 286 g/mol. The average molecular weight is 294 g/mol. The number of nitro groups is 1. The van der Waals surface area contributed by atoms with Crippen LogP contribution in [0.4, 0.5) is 11.5 Å². The first-order valence-electron chi connectivity index (χ1n) is 4.75. The maximum Gasteiger partial charge on any atom is 0.275 e. The second-order valence-electron chi connectivity index (χ2n) is 3.37. The molecule has 1 aromatic heterocycles. The van der Waals surface area contributed by atoms with E-state index in [0.717, 1.165) is 10.0 Å². The van der Waals surface area contributed by atoms with Gasteiger partial charge < -0.3 is 5.73 Å². The average Bonchev–Trinajstić information content (AvgIpc) is 2.28. The smallest absolute Gasteiger partial charge is 0.275 e. The van der Waals surface area contributed by atoms with Crippen LogP contribution < -0.4 is 5.73 Å². The highest BCUT2D eigenvalue weighted by molar-refractivity contribution is 9.10. The van der Waals surface area contributed by atoms with Crippen LogP contribution in [-0.2, 0) is 0 Å². The maximum absolute atomic E-state index is 10.7. The van der Waals surface area contributed by atoms with Crippen molar-refractivity contribution >= 4 is 27.4 Å². The van der Waals surface area contributed by atoms with E-state index in [1.807, 2.05) is 24.3 Å². The number of nitrogens with zero attached hydrogens (tertiary/aromatic N) is 2. The topological polar surface area (TPSA) is 82.0 Å². The fourth-order valence-corrected chi connectivity index (χ4v) is 1.94. The summed E-state index contributed by atoms with van der Waals surface area (Å²) in [7, 11) is 0. The van der Waals surface area contributed by atoms with Crippen molar-refractivity contribution in [2.24, 2.45) is 0 Å². The Morgan fingerprint density at radius 2 is 2.00 bits per heavy atom. The number of pyridine rings is 1. The van der Waals surface area contributed by atoms with Gasteiger partial charge in [-0.25, -0.2) is 4.98 Å². The number of nitrogens with two attached hydrogens (primary N) is 1. The first-order valence-corrected chi connectivity index (χ1v) is 5.54. The van der Waals surface area contributed by atoms with Crippen molar-refractivity contribution in [2.75, 3.05) is 5.73 Å². The van der Waals surface area contributed by atoms with Crippen molar-refractivity contribution < 1.29 is 4.92 Å². The minimum absolute atomic E-state index is 0.0664. The first kappa shape index (κ1) is 11.5. The molecule has 6 heteroatoms. The molecule has 0 aliphatic rings. The second kappa shape index (κ2) is 4.50. The van der Waals surface area contributed by atoms with E-state index in [2.05, 4.69) is 20.9 Å². The summed E-state index contributed by atoms with van der Waals surface area (Å²) in [5.41, 5.74) is 6.73. The summed E-state index contributed by atoms with van der Waals surface area (Å²) in [6, 6.07) is 9.98. The summed E-state index contributed by atoms with van der Waals surface area (Å²) in [5.74, 6) is 0.130. The Morgan fingerprint density at radius 1 is 1.29 bits per heavy atom. The molecule has 5 nitrogen and oxygen atoms in total. The predicted octanol–water partition coefficient (Wildman–Crippen LogP) is 3.00. The third kappa shape index (κ3) is 2.42. The van der Waals surface area contributed by atoms with Gasteiger partial charge in [0.2, 0.25) is 0 Å². The van der Waals surface area contributed by atoms with Gasteiger partial charge in [-0.05, 0) is 6.07 Å². The Hall–Kier alpha value is -1.95. The van der Waals surface area contributed by atoms with Crippen LogP contribution >= 0.6 is 15.9 Å². The molecule has 0 unspecified atom stereocenters. The summed E-state index contributed by atoms with van der Waals surface area (Å²) < 4.78 is 0.812. The van der Waals surface area contributed by atoms with E-state index in [4.69, 9.17) is 5.73 Å². The van der Waals surface area contributed by atoms with Gasteiger partial charge in [0.15, 0.2) is 0 Å². The lowest BCUT2D eigenvalue weighted by Crippen LogP contribution is -1.96. The molecule has 0 saturated carbocycles. The minimum atomic E-state index is -0.488. The lowest BCUT2D eigenvalue weighted by molar-refractivity contribution is -0.384. The Balaban J connectivity index is 2.60. The number of hydrogen-bond donors (Lipinski definition) is 1. The molecule has 0 saturated heterocycles. The molecule has 1 aromatic carbocycles. The lowest BCUT2D eigenvalue weighted by atomic mass is 10.1. The summed E-state index contributed by atoms with van der Waals surface area (Å²) in [6.07, 6.45) is 0. The molecule has 0 fully saturated rings. The Kier molecular flexibility index (Phi) is 3.06. The number of anilines is 1. The number of rotatable bonds is 2. The van der Waals surface area contributed by atoms with Gasteiger partial charge >= 0.3 is 0 Å². The Morgan fingerprint density at radius 3 is 2.65 bits per heavy atom. The van der Waals surface area contributed by atoms with Gasteiger partial charge in [-0.1, -0.05) is 34.1 Å². The summed E-state index contributed by atoms with van der Waals surface area (Å²) in [5, 5.41) is 10.7. The Bertz CT molecular complexity index is 587. The van der Waals surface area contributed by atoms with Crippen LogP contribution in [0, 0.1) is 10.1 Å². The molecule has 0 radical (unpaired) electrons. The summed E-state index contributed by atoms with van der Waals surface area (Å²) >= 11 is 3.37. The van der Waals surface area contributed by atoms with Crippen LogP contribution in [0.1, 0.15) is 0 Å². The second-order valence-corrected chi connectivity index (χ2v) is 4.23. The first-order chi connectivity index (χ1) is 8.08. The van der Waals surface area contributed by atoms with Crippen LogP contribution in [0.25, 0.3) is 11.3 Å². The van der Waals surface area contributed by atoms with Crippen LogP contribution in [0.15, 0.2) is 40.9 Å². The molecular formula is C11H8BrN3O2. The molecule has 0 aliphatic heterocycles. The minimum Gasteiger partial charge on any atom is -0.383 e. The largest absolute Gasteiger partial charge is 0.383 e. The van der Waals surface area contributed by atoms with Crippen molar-refractivity contribution in [3.05, 3.63) is 51.0 Å². The molecule has 0 atom stereocenters. The Labute approximate surface area is 106 Å². The van der Waals surface area contributed by atoms with Gasteiger partial charge in [0, 0.05) is 16.1 Å². The SMILES string of the molecule is Nc1cc([N+](=O)[O-])cc(-c2ccccc2Br)n1. The number of benzene rings is 1. The van der Waals surface area contributed by atoms with Gasteiger partial charge in [-0.15, -0.1) is 0 Å². The number of nitrogen functional groups attached to an aromatic ring is 1. The van der Waals surface area contributed by atoms with Crippen molar-refractivity contribution in [1.29, 1.82) is 0 Å². The number of aromatic nitrogens is 1. The zero-order chi connectivity index (χ0) is 12.4. The molecule has 0 bridgehead atoms. The van der Waals surface area contributed by atoms with E-state index in [9.17, 15) is 10.1 Å². The van der Waals surface area contributed by atoms with Crippen LogP contribution in [0.2, 0.25) is 0 Å². The molecule has 1 heterocycles. The maximum atomic E-state index is 10.7. The highest BCUT2D eigenvalue weighted by Gasteiger charge is 2.12. The van der Waals surface area contributed by atoms with Gasteiger partial charge in [-0.2, -0.15) is 0 Å². The number of halogens is 1. The standard InChI is InChI=1S/C11H8BrN3O2/c12-9-4-2-1-3-8(9)10-5-7(15(16)17)6-11(13)14-10/h1-6H,(H2,13,14). The molecule has 2 rings (SSSR count). The van der Waals surface area contributed by atoms with Crippen molar-refractivity contribution in [2.45, 2.75) is 0 Å².